The van der Waals surface area contributed by atoms with Crippen molar-refractivity contribution >= 4 is 28.6 Å². The first-order valence-corrected chi connectivity index (χ1v) is 8.03. The van der Waals surface area contributed by atoms with Gasteiger partial charge >= 0.3 is 0 Å². The normalized spacial score (nSPS) is 11.2. The number of benzene rings is 1. The number of thioether (sulfide) groups is 1. The van der Waals surface area contributed by atoms with E-state index in [0.717, 1.165) is 13.0 Å². The molecule has 7 heteroatoms. The Bertz CT molecular complexity index is 727. The summed E-state index contributed by atoms with van der Waals surface area (Å²) >= 11 is 1.21. The molecule has 0 aliphatic carbocycles. The topological polar surface area (TPSA) is 81.2 Å². The number of carbonyl (C=O) groups is 1. The summed E-state index contributed by atoms with van der Waals surface area (Å²) in [6.07, 6.45) is 0.830. The number of nitrogens with two attached hydrogens (primary N) is 1. The lowest BCUT2D eigenvalue weighted by molar-refractivity contribution is -0.115. The fraction of sp³-hybridized carbons (Fsp3) is 0.400. The summed E-state index contributed by atoms with van der Waals surface area (Å²) in [5.74, 6) is -0.314. The van der Waals surface area contributed by atoms with Crippen molar-refractivity contribution in [3.05, 3.63) is 34.6 Å². The zero-order valence-corrected chi connectivity index (χ0v) is 13.6. The maximum atomic E-state index is 12.6. The molecule has 6 nitrogen and oxygen atoms in total. The van der Waals surface area contributed by atoms with E-state index in [9.17, 15) is 9.59 Å². The lowest BCUT2D eigenvalue weighted by atomic mass is 10.2. The molecule has 0 fully saturated rings. The van der Waals surface area contributed by atoms with Crippen molar-refractivity contribution < 1.29 is 4.79 Å². The van der Waals surface area contributed by atoms with Gasteiger partial charge in [-0.15, -0.1) is 0 Å². The van der Waals surface area contributed by atoms with Crippen molar-refractivity contribution in [2.24, 2.45) is 5.73 Å². The predicted octanol–water partition coefficient (Wildman–Crippen LogP) is 0.926. The molecule has 0 bridgehead atoms. The molecule has 1 heterocycles. The van der Waals surface area contributed by atoms with Gasteiger partial charge in [-0.2, -0.15) is 0 Å². The zero-order chi connectivity index (χ0) is 16.1. The molecule has 1 aromatic heterocycles. The summed E-state index contributed by atoms with van der Waals surface area (Å²) < 4.78 is 1.64. The standard InChI is InChI=1S/C15H20N4O2S/c1-18(2)8-5-9-19-14(21)11-6-3-4-7-12(11)17-15(19)22-10-13(16)20/h3-4,6-7H,5,8-10H2,1-2H3,(H2,16,20). The van der Waals surface area contributed by atoms with Crippen molar-refractivity contribution in [3.63, 3.8) is 0 Å². The molecule has 0 aliphatic rings. The predicted molar refractivity (Wildman–Crippen MR) is 89.1 cm³/mol. The van der Waals surface area contributed by atoms with Gasteiger partial charge in [0.1, 0.15) is 0 Å². The SMILES string of the molecule is CN(C)CCCn1c(SCC(N)=O)nc2ccccc2c1=O. The molecule has 0 aliphatic heterocycles. The lowest BCUT2D eigenvalue weighted by Gasteiger charge is -2.14. The van der Waals surface area contributed by atoms with E-state index < -0.39 is 5.91 Å². The van der Waals surface area contributed by atoms with Crippen LogP contribution in [0.25, 0.3) is 10.9 Å². The average Bonchev–Trinajstić information content (AvgIpc) is 2.47. The van der Waals surface area contributed by atoms with E-state index >= 15 is 0 Å². The molecule has 0 saturated carbocycles. The second kappa shape index (κ2) is 7.42. The van der Waals surface area contributed by atoms with Gasteiger partial charge in [0.25, 0.3) is 5.56 Å². The Balaban J connectivity index is 2.39. The molecule has 2 aromatic rings. The number of nitrogens with zero attached hydrogens (tertiary/aromatic N) is 3. The minimum atomic E-state index is -0.424. The summed E-state index contributed by atoms with van der Waals surface area (Å²) in [7, 11) is 3.98. The van der Waals surface area contributed by atoms with Gasteiger partial charge < -0.3 is 10.6 Å². The largest absolute Gasteiger partial charge is 0.369 e. The van der Waals surface area contributed by atoms with E-state index in [-0.39, 0.29) is 11.3 Å². The molecule has 0 atom stereocenters. The van der Waals surface area contributed by atoms with Crippen LogP contribution in [0.2, 0.25) is 0 Å². The van der Waals surface area contributed by atoms with Crippen LogP contribution in [-0.4, -0.2) is 46.8 Å². The second-order valence-electron chi connectivity index (χ2n) is 5.28. The monoisotopic (exact) mass is 320 g/mol. The van der Waals surface area contributed by atoms with Gasteiger partial charge in [-0.1, -0.05) is 23.9 Å². The van der Waals surface area contributed by atoms with Crippen molar-refractivity contribution in [3.8, 4) is 0 Å². The minimum absolute atomic E-state index is 0.0728. The highest BCUT2D eigenvalue weighted by atomic mass is 32.2. The molecule has 22 heavy (non-hydrogen) atoms. The maximum Gasteiger partial charge on any atom is 0.262 e. The first-order chi connectivity index (χ1) is 10.5. The lowest BCUT2D eigenvalue weighted by Crippen LogP contribution is -2.26. The van der Waals surface area contributed by atoms with Crippen LogP contribution >= 0.6 is 11.8 Å². The zero-order valence-electron chi connectivity index (χ0n) is 12.8. The molecule has 2 N–H and O–H groups in total. The van der Waals surface area contributed by atoms with Crippen molar-refractivity contribution in [2.45, 2.75) is 18.1 Å². The highest BCUT2D eigenvalue weighted by molar-refractivity contribution is 7.99. The third-order valence-corrected chi connectivity index (χ3v) is 4.16. The molecule has 118 valence electrons. The van der Waals surface area contributed by atoms with Crippen LogP contribution in [0.1, 0.15) is 6.42 Å². The Labute approximate surface area is 133 Å². The van der Waals surface area contributed by atoms with Crippen LogP contribution in [0.5, 0.6) is 0 Å². The quantitative estimate of drug-likeness (QED) is 0.606. The number of rotatable bonds is 7. The minimum Gasteiger partial charge on any atom is -0.369 e. The maximum absolute atomic E-state index is 12.6. The molecular weight excluding hydrogens is 300 g/mol. The van der Waals surface area contributed by atoms with Crippen LogP contribution in [0.4, 0.5) is 0 Å². The Hall–Kier alpha value is -1.86. The molecular formula is C15H20N4O2S. The van der Waals surface area contributed by atoms with Gasteiger partial charge in [0.15, 0.2) is 5.16 Å². The summed E-state index contributed by atoms with van der Waals surface area (Å²) in [4.78, 5) is 30.2. The molecule has 0 saturated heterocycles. The van der Waals surface area contributed by atoms with Gasteiger partial charge in [-0.05, 0) is 39.2 Å². The number of fused-ring (bicyclic) bond motifs is 1. The summed E-state index contributed by atoms with van der Waals surface area (Å²) in [6.45, 7) is 1.44. The summed E-state index contributed by atoms with van der Waals surface area (Å²) in [6, 6.07) is 7.24. The fourth-order valence-corrected chi connectivity index (χ4v) is 2.90. The highest BCUT2D eigenvalue weighted by Crippen LogP contribution is 2.17. The third kappa shape index (κ3) is 4.08. The van der Waals surface area contributed by atoms with E-state index in [2.05, 4.69) is 9.88 Å². The smallest absolute Gasteiger partial charge is 0.262 e. The van der Waals surface area contributed by atoms with Crippen LogP contribution < -0.4 is 11.3 Å². The van der Waals surface area contributed by atoms with Gasteiger partial charge in [-0.25, -0.2) is 4.98 Å². The van der Waals surface area contributed by atoms with Crippen LogP contribution in [0.3, 0.4) is 0 Å². The van der Waals surface area contributed by atoms with Crippen LogP contribution in [0, 0.1) is 0 Å². The Morgan fingerprint density at radius 3 is 2.77 bits per heavy atom. The fourth-order valence-electron chi connectivity index (χ4n) is 2.14. The van der Waals surface area contributed by atoms with E-state index in [0.29, 0.717) is 22.6 Å². The van der Waals surface area contributed by atoms with E-state index in [1.165, 1.54) is 11.8 Å². The van der Waals surface area contributed by atoms with E-state index in [1.54, 1.807) is 16.7 Å². The van der Waals surface area contributed by atoms with Crippen molar-refractivity contribution in [1.82, 2.24) is 14.5 Å². The average molecular weight is 320 g/mol. The number of amides is 1. The second-order valence-corrected chi connectivity index (χ2v) is 6.22. The van der Waals surface area contributed by atoms with Crippen molar-refractivity contribution in [1.29, 1.82) is 0 Å². The first-order valence-electron chi connectivity index (χ1n) is 7.04. The first kappa shape index (κ1) is 16.5. The van der Waals surface area contributed by atoms with Gasteiger partial charge in [0.05, 0.1) is 16.7 Å². The number of carbonyl (C=O) groups excluding carboxylic acids is 1. The third-order valence-electron chi connectivity index (χ3n) is 3.16. The highest BCUT2D eigenvalue weighted by Gasteiger charge is 2.12. The number of aromatic nitrogens is 2. The van der Waals surface area contributed by atoms with E-state index in [1.807, 2.05) is 26.2 Å². The Kier molecular flexibility index (Phi) is 5.57. The van der Waals surface area contributed by atoms with Crippen LogP contribution in [0.15, 0.2) is 34.2 Å². The molecule has 2 rings (SSSR count). The van der Waals surface area contributed by atoms with Gasteiger partial charge in [0.2, 0.25) is 5.91 Å². The number of hydrogen-bond acceptors (Lipinski definition) is 5. The van der Waals surface area contributed by atoms with Crippen LogP contribution in [-0.2, 0) is 11.3 Å². The molecule has 1 aromatic carbocycles. The van der Waals surface area contributed by atoms with Crippen molar-refractivity contribution in [2.75, 3.05) is 26.4 Å². The summed E-state index contributed by atoms with van der Waals surface area (Å²) in [5, 5.41) is 1.14. The summed E-state index contributed by atoms with van der Waals surface area (Å²) in [5.41, 5.74) is 5.77. The molecule has 1 amide bonds. The van der Waals surface area contributed by atoms with Gasteiger partial charge in [0, 0.05) is 6.54 Å². The number of para-hydroxylation sites is 1. The molecule has 0 spiro atoms. The Morgan fingerprint density at radius 2 is 2.09 bits per heavy atom. The molecule has 0 radical (unpaired) electrons. The number of hydrogen-bond donors (Lipinski definition) is 1. The Morgan fingerprint density at radius 1 is 1.36 bits per heavy atom. The van der Waals surface area contributed by atoms with E-state index in [4.69, 9.17) is 5.73 Å². The number of primary amides is 1. The van der Waals surface area contributed by atoms with Gasteiger partial charge in [-0.3, -0.25) is 14.2 Å². The molecule has 0 unspecified atom stereocenters.